The minimum atomic E-state index is -0.227. The summed E-state index contributed by atoms with van der Waals surface area (Å²) < 4.78 is 19.0. The van der Waals surface area contributed by atoms with Gasteiger partial charge in [-0.2, -0.15) is 0 Å². The van der Waals surface area contributed by atoms with Crippen LogP contribution in [0.15, 0.2) is 24.3 Å². The molecule has 0 spiro atoms. The zero-order chi connectivity index (χ0) is 16.0. The highest BCUT2D eigenvalue weighted by molar-refractivity contribution is 5.76. The predicted molar refractivity (Wildman–Crippen MR) is 85.2 cm³/mol. The number of hydrogen-bond donors (Lipinski definition) is 1. The molecule has 1 amide bonds. The SMILES string of the molecule is CC(C)CCC(=O)NCC1(c2cccc(F)c2)CCOCC1. The molecule has 0 bridgehead atoms. The van der Waals surface area contributed by atoms with Crippen LogP contribution in [0.1, 0.15) is 45.1 Å². The summed E-state index contributed by atoms with van der Waals surface area (Å²) in [5.41, 5.74) is 0.744. The third kappa shape index (κ3) is 4.54. The molecule has 1 fully saturated rings. The van der Waals surface area contributed by atoms with Gasteiger partial charge in [-0.25, -0.2) is 4.39 Å². The van der Waals surface area contributed by atoms with Crippen molar-refractivity contribution < 1.29 is 13.9 Å². The molecule has 0 radical (unpaired) electrons. The van der Waals surface area contributed by atoms with Crippen LogP contribution in [-0.4, -0.2) is 25.7 Å². The first-order valence-corrected chi connectivity index (χ1v) is 8.12. The Kier molecular flexibility index (Phi) is 5.95. The Hall–Kier alpha value is -1.42. The summed E-state index contributed by atoms with van der Waals surface area (Å²) in [4.78, 5) is 12.0. The van der Waals surface area contributed by atoms with E-state index in [2.05, 4.69) is 19.2 Å². The van der Waals surface area contributed by atoms with Crippen LogP contribution in [0.3, 0.4) is 0 Å². The molecule has 1 aliphatic rings. The van der Waals surface area contributed by atoms with Crippen molar-refractivity contribution in [3.05, 3.63) is 35.6 Å². The second kappa shape index (κ2) is 7.73. The number of carbonyl (C=O) groups is 1. The number of hydrogen-bond acceptors (Lipinski definition) is 2. The molecule has 0 atom stereocenters. The zero-order valence-corrected chi connectivity index (χ0v) is 13.5. The molecule has 4 heteroatoms. The van der Waals surface area contributed by atoms with E-state index in [1.807, 2.05) is 6.07 Å². The lowest BCUT2D eigenvalue weighted by Gasteiger charge is -2.38. The van der Waals surface area contributed by atoms with Crippen molar-refractivity contribution in [3.8, 4) is 0 Å². The van der Waals surface area contributed by atoms with E-state index >= 15 is 0 Å². The monoisotopic (exact) mass is 307 g/mol. The molecule has 1 saturated heterocycles. The van der Waals surface area contributed by atoms with Gasteiger partial charge in [-0.15, -0.1) is 0 Å². The standard InChI is InChI=1S/C18H26FNO2/c1-14(2)6-7-17(21)20-13-18(8-10-22-11-9-18)15-4-3-5-16(19)12-15/h3-5,12,14H,6-11,13H2,1-2H3,(H,20,21). The molecule has 1 aliphatic heterocycles. The Morgan fingerprint density at radius 3 is 2.73 bits per heavy atom. The van der Waals surface area contributed by atoms with Crippen LogP contribution in [-0.2, 0) is 14.9 Å². The average Bonchev–Trinajstić information content (AvgIpc) is 2.52. The molecule has 122 valence electrons. The maximum atomic E-state index is 13.6. The number of nitrogens with one attached hydrogen (secondary N) is 1. The van der Waals surface area contributed by atoms with E-state index in [1.54, 1.807) is 12.1 Å². The van der Waals surface area contributed by atoms with Crippen molar-refractivity contribution in [1.29, 1.82) is 0 Å². The van der Waals surface area contributed by atoms with Gasteiger partial charge in [0.05, 0.1) is 0 Å². The zero-order valence-electron chi connectivity index (χ0n) is 13.5. The van der Waals surface area contributed by atoms with Gasteiger partial charge in [-0.05, 0) is 42.9 Å². The normalized spacial score (nSPS) is 17.5. The molecular formula is C18H26FNO2. The smallest absolute Gasteiger partial charge is 0.220 e. The lowest BCUT2D eigenvalue weighted by atomic mass is 9.74. The Bertz CT molecular complexity index is 496. The molecule has 1 heterocycles. The van der Waals surface area contributed by atoms with Crippen LogP contribution < -0.4 is 5.32 Å². The summed E-state index contributed by atoms with van der Waals surface area (Å²) in [7, 11) is 0. The van der Waals surface area contributed by atoms with Crippen molar-refractivity contribution in [2.75, 3.05) is 19.8 Å². The van der Waals surface area contributed by atoms with E-state index in [9.17, 15) is 9.18 Å². The van der Waals surface area contributed by atoms with E-state index in [0.29, 0.717) is 32.1 Å². The molecule has 22 heavy (non-hydrogen) atoms. The van der Waals surface area contributed by atoms with E-state index in [1.165, 1.54) is 6.07 Å². The van der Waals surface area contributed by atoms with Crippen LogP contribution in [0.5, 0.6) is 0 Å². The fourth-order valence-corrected chi connectivity index (χ4v) is 2.92. The summed E-state index contributed by atoms with van der Waals surface area (Å²) in [6.45, 7) is 6.08. The van der Waals surface area contributed by atoms with Gasteiger partial charge >= 0.3 is 0 Å². The fraction of sp³-hybridized carbons (Fsp3) is 0.611. The Morgan fingerprint density at radius 2 is 2.09 bits per heavy atom. The van der Waals surface area contributed by atoms with Gasteiger partial charge in [0.2, 0.25) is 5.91 Å². The first kappa shape index (κ1) is 16.9. The highest BCUT2D eigenvalue weighted by atomic mass is 19.1. The van der Waals surface area contributed by atoms with E-state index in [-0.39, 0.29) is 17.1 Å². The Labute approximate surface area is 132 Å². The largest absolute Gasteiger partial charge is 0.381 e. The third-order valence-corrected chi connectivity index (χ3v) is 4.46. The van der Waals surface area contributed by atoms with Gasteiger partial charge in [0.1, 0.15) is 5.82 Å². The lowest BCUT2D eigenvalue weighted by Crippen LogP contribution is -2.44. The van der Waals surface area contributed by atoms with Crippen molar-refractivity contribution in [2.24, 2.45) is 5.92 Å². The second-order valence-corrected chi connectivity index (χ2v) is 6.61. The first-order chi connectivity index (χ1) is 10.5. The maximum absolute atomic E-state index is 13.6. The number of rotatable bonds is 6. The van der Waals surface area contributed by atoms with Gasteiger partial charge in [-0.3, -0.25) is 4.79 Å². The van der Waals surface area contributed by atoms with Crippen LogP contribution in [0, 0.1) is 11.7 Å². The second-order valence-electron chi connectivity index (χ2n) is 6.61. The van der Waals surface area contributed by atoms with Gasteiger partial charge in [-0.1, -0.05) is 26.0 Å². The number of amides is 1. The first-order valence-electron chi connectivity index (χ1n) is 8.12. The molecule has 2 rings (SSSR count). The Balaban J connectivity index is 2.05. The van der Waals surface area contributed by atoms with Gasteiger partial charge in [0.15, 0.2) is 0 Å². The topological polar surface area (TPSA) is 38.3 Å². The molecular weight excluding hydrogens is 281 g/mol. The van der Waals surface area contributed by atoms with E-state index in [0.717, 1.165) is 24.8 Å². The molecule has 1 aromatic carbocycles. The van der Waals surface area contributed by atoms with Gasteiger partial charge in [0.25, 0.3) is 0 Å². The summed E-state index contributed by atoms with van der Waals surface area (Å²) >= 11 is 0. The summed E-state index contributed by atoms with van der Waals surface area (Å²) in [5.74, 6) is 0.372. The summed E-state index contributed by atoms with van der Waals surface area (Å²) in [6, 6.07) is 6.74. The highest BCUT2D eigenvalue weighted by Crippen LogP contribution is 2.34. The van der Waals surface area contributed by atoms with E-state index in [4.69, 9.17) is 4.74 Å². The molecule has 0 unspecified atom stereocenters. The quantitative estimate of drug-likeness (QED) is 0.874. The number of halogens is 1. The third-order valence-electron chi connectivity index (χ3n) is 4.46. The van der Waals surface area contributed by atoms with Crippen molar-refractivity contribution >= 4 is 5.91 Å². The maximum Gasteiger partial charge on any atom is 0.220 e. The van der Waals surface area contributed by atoms with Gasteiger partial charge < -0.3 is 10.1 Å². The molecule has 0 aromatic heterocycles. The lowest BCUT2D eigenvalue weighted by molar-refractivity contribution is -0.121. The van der Waals surface area contributed by atoms with Crippen LogP contribution in [0.2, 0.25) is 0 Å². The molecule has 1 aromatic rings. The van der Waals surface area contributed by atoms with Crippen LogP contribution in [0.25, 0.3) is 0 Å². The fourth-order valence-electron chi connectivity index (χ4n) is 2.92. The van der Waals surface area contributed by atoms with Crippen molar-refractivity contribution in [1.82, 2.24) is 5.32 Å². The van der Waals surface area contributed by atoms with Crippen LogP contribution >= 0.6 is 0 Å². The molecule has 1 N–H and O–H groups in total. The van der Waals surface area contributed by atoms with Crippen molar-refractivity contribution in [2.45, 2.75) is 44.9 Å². The number of ether oxygens (including phenoxy) is 1. The minimum absolute atomic E-state index is 0.0796. The molecule has 0 aliphatic carbocycles. The summed E-state index contributed by atoms with van der Waals surface area (Å²) in [6.07, 6.45) is 3.05. The average molecular weight is 307 g/mol. The van der Waals surface area contributed by atoms with Gasteiger partial charge in [0, 0.05) is 31.6 Å². The highest BCUT2D eigenvalue weighted by Gasteiger charge is 2.35. The predicted octanol–water partition coefficient (Wildman–Crippen LogP) is 3.43. The molecule has 0 saturated carbocycles. The Morgan fingerprint density at radius 1 is 1.36 bits per heavy atom. The van der Waals surface area contributed by atoms with Crippen LogP contribution in [0.4, 0.5) is 4.39 Å². The minimum Gasteiger partial charge on any atom is -0.381 e. The van der Waals surface area contributed by atoms with Crippen molar-refractivity contribution in [3.63, 3.8) is 0 Å². The number of carbonyl (C=O) groups excluding carboxylic acids is 1. The molecule has 3 nitrogen and oxygen atoms in total. The number of benzene rings is 1. The summed E-state index contributed by atoms with van der Waals surface area (Å²) in [5, 5.41) is 3.05. The van der Waals surface area contributed by atoms with E-state index < -0.39 is 0 Å².